The Morgan fingerprint density at radius 1 is 1.39 bits per heavy atom. The Kier molecular flexibility index (Phi) is 9.71. The number of aliphatic hydroxyl groups is 1. The number of nitrogens with one attached hydrogen (secondary N) is 1. The molecule has 1 heterocycles. The zero-order valence-electron chi connectivity index (χ0n) is 14.8. The van der Waals surface area contributed by atoms with Crippen LogP contribution in [0.4, 0.5) is 0 Å². The van der Waals surface area contributed by atoms with Crippen molar-refractivity contribution in [3.63, 3.8) is 0 Å². The second-order valence-electron chi connectivity index (χ2n) is 6.86. The minimum absolute atomic E-state index is 0.0750. The van der Waals surface area contributed by atoms with E-state index >= 15 is 0 Å². The number of hydrogen-bond donors (Lipinski definition) is 3. The standard InChI is InChI=1S/C17H34N2O4/c1-12(2)10-14(18)15(20)11-13(17(21)19-3)7-9-23-16-6-4-5-8-22-16/h12-16,20H,4-11,18H2,1-3H3,(H,19,21)/t13?,14-,15-,16?/m0/s1. The Bertz CT molecular complexity index is 333. The molecule has 0 aliphatic carbocycles. The van der Waals surface area contributed by atoms with Gasteiger partial charge < -0.3 is 25.6 Å². The molecule has 0 aromatic carbocycles. The van der Waals surface area contributed by atoms with Crippen molar-refractivity contribution in [2.24, 2.45) is 17.6 Å². The van der Waals surface area contributed by atoms with Gasteiger partial charge in [-0.05, 0) is 44.4 Å². The summed E-state index contributed by atoms with van der Waals surface area (Å²) in [5, 5.41) is 12.9. The maximum atomic E-state index is 12.0. The maximum absolute atomic E-state index is 12.0. The van der Waals surface area contributed by atoms with E-state index in [1.165, 1.54) is 0 Å². The van der Waals surface area contributed by atoms with Gasteiger partial charge in [0, 0.05) is 25.6 Å². The van der Waals surface area contributed by atoms with Crippen molar-refractivity contribution in [1.82, 2.24) is 5.32 Å². The molecular formula is C17H34N2O4. The van der Waals surface area contributed by atoms with Crippen LogP contribution in [-0.4, -0.2) is 49.7 Å². The van der Waals surface area contributed by atoms with Crippen molar-refractivity contribution >= 4 is 5.91 Å². The quantitative estimate of drug-likeness (QED) is 0.563. The molecular weight excluding hydrogens is 296 g/mol. The van der Waals surface area contributed by atoms with Gasteiger partial charge in [0.2, 0.25) is 5.91 Å². The van der Waals surface area contributed by atoms with E-state index in [0.29, 0.717) is 25.4 Å². The normalized spacial score (nSPS) is 22.6. The highest BCUT2D eigenvalue weighted by molar-refractivity contribution is 5.78. The third kappa shape index (κ3) is 8.11. The average molecular weight is 330 g/mol. The first-order chi connectivity index (χ1) is 10.9. The second-order valence-corrected chi connectivity index (χ2v) is 6.86. The highest BCUT2D eigenvalue weighted by atomic mass is 16.7. The van der Waals surface area contributed by atoms with E-state index in [1.54, 1.807) is 7.05 Å². The molecule has 136 valence electrons. The monoisotopic (exact) mass is 330 g/mol. The van der Waals surface area contributed by atoms with Crippen LogP contribution in [0.3, 0.4) is 0 Å². The lowest BCUT2D eigenvalue weighted by Gasteiger charge is -2.26. The van der Waals surface area contributed by atoms with Crippen LogP contribution < -0.4 is 11.1 Å². The second kappa shape index (κ2) is 11.0. The van der Waals surface area contributed by atoms with Crippen molar-refractivity contribution in [1.29, 1.82) is 0 Å². The smallest absolute Gasteiger partial charge is 0.223 e. The summed E-state index contributed by atoms with van der Waals surface area (Å²) in [4.78, 5) is 12.0. The zero-order chi connectivity index (χ0) is 17.2. The number of nitrogens with two attached hydrogens (primary N) is 1. The van der Waals surface area contributed by atoms with Crippen LogP contribution in [-0.2, 0) is 14.3 Å². The van der Waals surface area contributed by atoms with Crippen molar-refractivity contribution in [2.45, 2.75) is 70.8 Å². The molecule has 1 fully saturated rings. The Labute approximate surface area is 140 Å². The average Bonchev–Trinajstić information content (AvgIpc) is 2.53. The summed E-state index contributed by atoms with van der Waals surface area (Å²) in [6, 6.07) is -0.301. The van der Waals surface area contributed by atoms with E-state index < -0.39 is 6.10 Å². The fourth-order valence-electron chi connectivity index (χ4n) is 2.91. The van der Waals surface area contributed by atoms with Gasteiger partial charge in [0.05, 0.1) is 12.7 Å². The molecule has 1 saturated heterocycles. The van der Waals surface area contributed by atoms with E-state index in [9.17, 15) is 9.90 Å². The molecule has 0 aromatic rings. The summed E-state index contributed by atoms with van der Waals surface area (Å²) >= 11 is 0. The van der Waals surface area contributed by atoms with E-state index in [-0.39, 0.29) is 24.2 Å². The van der Waals surface area contributed by atoms with Gasteiger partial charge in [0.15, 0.2) is 6.29 Å². The predicted octanol–water partition coefficient (Wildman–Crippen LogP) is 1.41. The molecule has 1 amide bonds. The fraction of sp³-hybridized carbons (Fsp3) is 0.941. The highest BCUT2D eigenvalue weighted by Crippen LogP contribution is 2.19. The molecule has 4 atom stereocenters. The van der Waals surface area contributed by atoms with Gasteiger partial charge in [0.25, 0.3) is 0 Å². The van der Waals surface area contributed by atoms with Gasteiger partial charge in [-0.3, -0.25) is 4.79 Å². The van der Waals surface area contributed by atoms with Gasteiger partial charge in [0.1, 0.15) is 0 Å². The lowest BCUT2D eigenvalue weighted by Crippen LogP contribution is -2.40. The van der Waals surface area contributed by atoms with Crippen molar-refractivity contribution in [3.8, 4) is 0 Å². The Balaban J connectivity index is 2.40. The van der Waals surface area contributed by atoms with Gasteiger partial charge in [-0.25, -0.2) is 0 Å². The van der Waals surface area contributed by atoms with E-state index in [4.69, 9.17) is 15.2 Å². The van der Waals surface area contributed by atoms with E-state index in [1.807, 2.05) is 0 Å². The molecule has 0 radical (unpaired) electrons. The van der Waals surface area contributed by atoms with Crippen molar-refractivity contribution in [3.05, 3.63) is 0 Å². The van der Waals surface area contributed by atoms with Crippen LogP contribution in [0.2, 0.25) is 0 Å². The molecule has 23 heavy (non-hydrogen) atoms. The number of carbonyl (C=O) groups is 1. The van der Waals surface area contributed by atoms with Gasteiger partial charge in [-0.15, -0.1) is 0 Å². The highest BCUT2D eigenvalue weighted by Gasteiger charge is 2.25. The van der Waals surface area contributed by atoms with E-state index in [0.717, 1.165) is 32.3 Å². The summed E-state index contributed by atoms with van der Waals surface area (Å²) in [7, 11) is 1.61. The topological polar surface area (TPSA) is 93.8 Å². The molecule has 2 unspecified atom stereocenters. The summed E-state index contributed by atoms with van der Waals surface area (Å²) in [5.74, 6) is 0.0515. The summed E-state index contributed by atoms with van der Waals surface area (Å²) in [6.45, 7) is 5.34. The molecule has 1 aliphatic heterocycles. The SMILES string of the molecule is CNC(=O)C(CCOC1CCCCO1)C[C@H](O)[C@@H](N)CC(C)C. The molecule has 1 rings (SSSR count). The first-order valence-electron chi connectivity index (χ1n) is 8.82. The third-order valence-electron chi connectivity index (χ3n) is 4.29. The van der Waals surface area contributed by atoms with Crippen LogP contribution in [0.5, 0.6) is 0 Å². The Morgan fingerprint density at radius 3 is 2.70 bits per heavy atom. The van der Waals surface area contributed by atoms with E-state index in [2.05, 4.69) is 19.2 Å². The minimum Gasteiger partial charge on any atom is -0.391 e. The predicted molar refractivity (Wildman–Crippen MR) is 89.8 cm³/mol. The van der Waals surface area contributed by atoms with Crippen LogP contribution in [0.25, 0.3) is 0 Å². The lowest BCUT2D eigenvalue weighted by atomic mass is 9.91. The summed E-state index contributed by atoms with van der Waals surface area (Å²) < 4.78 is 11.2. The molecule has 0 aromatic heterocycles. The lowest BCUT2D eigenvalue weighted by molar-refractivity contribution is -0.165. The fourth-order valence-corrected chi connectivity index (χ4v) is 2.91. The number of aliphatic hydroxyl groups excluding tert-OH is 1. The van der Waals surface area contributed by atoms with Gasteiger partial charge >= 0.3 is 0 Å². The van der Waals surface area contributed by atoms with Gasteiger partial charge in [-0.2, -0.15) is 0 Å². The number of rotatable bonds is 10. The number of hydrogen-bond acceptors (Lipinski definition) is 5. The Morgan fingerprint density at radius 2 is 2.13 bits per heavy atom. The number of amides is 1. The van der Waals surface area contributed by atoms with Crippen LogP contribution in [0.1, 0.15) is 52.4 Å². The van der Waals surface area contributed by atoms with Crippen LogP contribution in [0.15, 0.2) is 0 Å². The van der Waals surface area contributed by atoms with Crippen molar-refractivity contribution in [2.75, 3.05) is 20.3 Å². The van der Waals surface area contributed by atoms with Gasteiger partial charge in [-0.1, -0.05) is 13.8 Å². The molecule has 1 aliphatic rings. The van der Waals surface area contributed by atoms with Crippen molar-refractivity contribution < 1.29 is 19.4 Å². The first kappa shape index (κ1) is 20.4. The number of carbonyl (C=O) groups excluding carboxylic acids is 1. The third-order valence-corrected chi connectivity index (χ3v) is 4.29. The summed E-state index contributed by atoms with van der Waals surface area (Å²) in [6.07, 6.45) is 3.95. The Hall–Kier alpha value is -0.690. The largest absolute Gasteiger partial charge is 0.391 e. The maximum Gasteiger partial charge on any atom is 0.223 e. The molecule has 4 N–H and O–H groups in total. The summed E-state index contributed by atoms with van der Waals surface area (Å²) in [5.41, 5.74) is 6.02. The number of ether oxygens (including phenoxy) is 2. The molecule has 6 nitrogen and oxygen atoms in total. The first-order valence-corrected chi connectivity index (χ1v) is 8.82. The zero-order valence-corrected chi connectivity index (χ0v) is 14.8. The molecule has 0 saturated carbocycles. The van der Waals surface area contributed by atoms with Crippen LogP contribution >= 0.6 is 0 Å². The minimum atomic E-state index is -0.675. The molecule has 0 bridgehead atoms. The molecule has 6 heteroatoms. The molecule has 0 spiro atoms. The van der Waals surface area contributed by atoms with Crippen LogP contribution in [0, 0.1) is 11.8 Å².